The second kappa shape index (κ2) is 13.0. The van der Waals surface area contributed by atoms with Crippen LogP contribution in [0.4, 0.5) is 4.79 Å². The minimum atomic E-state index is -0.765. The van der Waals surface area contributed by atoms with Gasteiger partial charge < -0.3 is 20.3 Å². The number of thioether (sulfide) groups is 1. The number of carbonyl (C=O) groups is 3. The Morgan fingerprint density at radius 2 is 1.94 bits per heavy atom. The number of ether oxygens (including phenoxy) is 1. The molecule has 0 aliphatic heterocycles. The minimum Gasteiger partial charge on any atom is -0.444 e. The summed E-state index contributed by atoms with van der Waals surface area (Å²) in [7, 11) is 0. The zero-order chi connectivity index (χ0) is 25.3. The molecule has 0 spiro atoms. The maximum atomic E-state index is 13.9. The average molecular weight is 492 g/mol. The highest BCUT2D eigenvalue weighted by atomic mass is 32.2. The van der Waals surface area contributed by atoms with Gasteiger partial charge in [0.25, 0.3) is 0 Å². The maximum absolute atomic E-state index is 13.9. The summed E-state index contributed by atoms with van der Waals surface area (Å²) in [5.41, 5.74) is 1.14. The van der Waals surface area contributed by atoms with Gasteiger partial charge in [-0.2, -0.15) is 11.8 Å². The van der Waals surface area contributed by atoms with Crippen LogP contribution in [0.1, 0.15) is 77.0 Å². The normalized spacial score (nSPS) is 15.2. The number of alkyl carbamates (subject to hydrolysis) is 1. The standard InChI is InChI=1S/C26H41N3O4S/c1-7-8-15-27-23(30)22(19-11-9-10-18(2)17-19)29(20-12-13-20)24(31)21(14-16-34-6)28-25(32)33-26(3,4)5/h9-11,17,20-22H,7-8,12-16H2,1-6H3,(H,27,30)(H,28,32). The molecule has 0 aromatic heterocycles. The molecule has 2 unspecified atom stereocenters. The smallest absolute Gasteiger partial charge is 0.408 e. The van der Waals surface area contributed by atoms with Crippen LogP contribution in [-0.2, 0) is 14.3 Å². The molecule has 1 aliphatic rings. The fourth-order valence-electron chi connectivity index (χ4n) is 3.76. The lowest BCUT2D eigenvalue weighted by Gasteiger charge is -2.35. The van der Waals surface area contributed by atoms with E-state index >= 15 is 0 Å². The van der Waals surface area contributed by atoms with Crippen molar-refractivity contribution in [1.82, 2.24) is 15.5 Å². The molecule has 3 amide bonds. The first kappa shape index (κ1) is 28.0. The number of carbonyl (C=O) groups excluding carboxylic acids is 3. The Kier molecular flexibility index (Phi) is 10.7. The molecule has 0 radical (unpaired) electrons. The average Bonchev–Trinajstić information content (AvgIpc) is 3.58. The minimum absolute atomic E-state index is 0.0212. The van der Waals surface area contributed by atoms with Gasteiger partial charge >= 0.3 is 6.09 Å². The number of benzene rings is 1. The molecule has 1 aromatic rings. The summed E-state index contributed by atoms with van der Waals surface area (Å²) in [6, 6.07) is 6.23. The third-order valence-corrected chi connectivity index (χ3v) is 6.15. The number of amides is 3. The van der Waals surface area contributed by atoms with E-state index in [1.54, 1.807) is 37.4 Å². The monoisotopic (exact) mass is 491 g/mol. The van der Waals surface area contributed by atoms with Crippen LogP contribution >= 0.6 is 11.8 Å². The van der Waals surface area contributed by atoms with E-state index in [0.717, 1.165) is 36.8 Å². The van der Waals surface area contributed by atoms with Crippen LogP contribution in [-0.4, -0.2) is 59.0 Å². The molecule has 2 atom stereocenters. The van der Waals surface area contributed by atoms with Crippen LogP contribution in [0.5, 0.6) is 0 Å². The zero-order valence-corrected chi connectivity index (χ0v) is 22.3. The highest BCUT2D eigenvalue weighted by molar-refractivity contribution is 7.98. The van der Waals surface area contributed by atoms with Gasteiger partial charge in [0, 0.05) is 12.6 Å². The molecule has 0 saturated heterocycles. The first-order chi connectivity index (χ1) is 16.1. The fraction of sp³-hybridized carbons (Fsp3) is 0.654. The molecule has 190 valence electrons. The van der Waals surface area contributed by atoms with E-state index in [4.69, 9.17) is 4.74 Å². The van der Waals surface area contributed by atoms with Crippen molar-refractivity contribution in [2.24, 2.45) is 0 Å². The van der Waals surface area contributed by atoms with Crippen LogP contribution in [0.2, 0.25) is 0 Å². The van der Waals surface area contributed by atoms with E-state index in [9.17, 15) is 14.4 Å². The molecule has 2 N–H and O–H groups in total. The van der Waals surface area contributed by atoms with E-state index in [2.05, 4.69) is 17.6 Å². The Balaban J connectivity index is 2.37. The summed E-state index contributed by atoms with van der Waals surface area (Å²) in [6.45, 7) is 9.98. The molecule has 0 heterocycles. The Morgan fingerprint density at radius 1 is 1.24 bits per heavy atom. The van der Waals surface area contributed by atoms with Crippen LogP contribution < -0.4 is 10.6 Å². The third-order valence-electron chi connectivity index (χ3n) is 5.51. The molecule has 0 bridgehead atoms. The van der Waals surface area contributed by atoms with Crippen molar-refractivity contribution in [2.45, 2.75) is 90.4 Å². The Morgan fingerprint density at radius 3 is 2.50 bits per heavy atom. The number of nitrogens with one attached hydrogen (secondary N) is 2. The van der Waals surface area contributed by atoms with Gasteiger partial charge in [-0.25, -0.2) is 4.79 Å². The zero-order valence-electron chi connectivity index (χ0n) is 21.5. The Bertz CT molecular complexity index is 836. The third kappa shape index (κ3) is 8.85. The SMILES string of the molecule is CCCCNC(=O)C(c1cccc(C)c1)N(C(=O)C(CCSC)NC(=O)OC(C)(C)C)C1CC1. The number of hydrogen-bond acceptors (Lipinski definition) is 5. The van der Waals surface area contributed by atoms with Crippen molar-refractivity contribution < 1.29 is 19.1 Å². The quantitative estimate of drug-likeness (QED) is 0.418. The van der Waals surface area contributed by atoms with E-state index in [-0.39, 0.29) is 17.9 Å². The van der Waals surface area contributed by atoms with Crippen LogP contribution in [0.15, 0.2) is 24.3 Å². The molecule has 1 fully saturated rings. The number of unbranched alkanes of at least 4 members (excludes halogenated alkanes) is 1. The molecule has 8 heteroatoms. The second-order valence-electron chi connectivity index (χ2n) is 9.92. The van der Waals surface area contributed by atoms with E-state index in [1.165, 1.54) is 0 Å². The molecule has 7 nitrogen and oxygen atoms in total. The summed E-state index contributed by atoms with van der Waals surface area (Å²) in [6.07, 6.45) is 5.33. The van der Waals surface area contributed by atoms with Gasteiger partial charge in [-0.05, 0) is 71.0 Å². The summed E-state index contributed by atoms with van der Waals surface area (Å²) < 4.78 is 5.42. The van der Waals surface area contributed by atoms with Gasteiger partial charge in [0.05, 0.1) is 0 Å². The van der Waals surface area contributed by atoms with Crippen molar-refractivity contribution in [3.8, 4) is 0 Å². The summed E-state index contributed by atoms with van der Waals surface area (Å²) in [4.78, 5) is 41.6. The van der Waals surface area contributed by atoms with Crippen molar-refractivity contribution in [2.75, 3.05) is 18.6 Å². The molecule has 1 saturated carbocycles. The first-order valence-corrected chi connectivity index (χ1v) is 13.6. The Labute approximate surface area is 208 Å². The van der Waals surface area contributed by atoms with Gasteiger partial charge in [0.15, 0.2) is 0 Å². The van der Waals surface area contributed by atoms with Crippen LogP contribution in [0, 0.1) is 6.92 Å². The van der Waals surface area contributed by atoms with Crippen LogP contribution in [0.3, 0.4) is 0 Å². The lowest BCUT2D eigenvalue weighted by atomic mass is 10.00. The topological polar surface area (TPSA) is 87.7 Å². The van der Waals surface area contributed by atoms with Gasteiger partial charge in [0.2, 0.25) is 11.8 Å². The summed E-state index contributed by atoms with van der Waals surface area (Å²) in [5, 5.41) is 5.81. The highest BCUT2D eigenvalue weighted by Gasteiger charge is 2.43. The van der Waals surface area contributed by atoms with E-state index < -0.39 is 23.8 Å². The fourth-order valence-corrected chi connectivity index (χ4v) is 4.23. The van der Waals surface area contributed by atoms with Crippen molar-refractivity contribution in [1.29, 1.82) is 0 Å². The number of rotatable bonds is 12. The van der Waals surface area contributed by atoms with Crippen molar-refractivity contribution in [3.05, 3.63) is 35.4 Å². The molecular formula is C26H41N3O4S. The molecular weight excluding hydrogens is 450 g/mol. The van der Waals surface area contributed by atoms with E-state index in [0.29, 0.717) is 18.7 Å². The number of hydrogen-bond donors (Lipinski definition) is 2. The van der Waals surface area contributed by atoms with Gasteiger partial charge in [0.1, 0.15) is 17.7 Å². The number of aryl methyl sites for hydroxylation is 1. The summed E-state index contributed by atoms with van der Waals surface area (Å²) >= 11 is 1.61. The van der Waals surface area contributed by atoms with Crippen molar-refractivity contribution >= 4 is 29.7 Å². The predicted octanol–water partition coefficient (Wildman–Crippen LogP) is 4.59. The lowest BCUT2D eigenvalue weighted by Crippen LogP contribution is -2.54. The first-order valence-electron chi connectivity index (χ1n) is 12.2. The van der Waals surface area contributed by atoms with E-state index in [1.807, 2.05) is 37.4 Å². The molecule has 1 aromatic carbocycles. The van der Waals surface area contributed by atoms with Gasteiger partial charge in [-0.1, -0.05) is 43.2 Å². The lowest BCUT2D eigenvalue weighted by molar-refractivity contribution is -0.143. The summed E-state index contributed by atoms with van der Waals surface area (Å²) in [5.74, 6) is 0.280. The van der Waals surface area contributed by atoms with Crippen molar-refractivity contribution in [3.63, 3.8) is 0 Å². The van der Waals surface area contributed by atoms with Gasteiger partial charge in [-0.3, -0.25) is 9.59 Å². The molecule has 1 aliphatic carbocycles. The highest BCUT2D eigenvalue weighted by Crippen LogP contribution is 2.36. The number of nitrogens with zero attached hydrogens (tertiary/aromatic N) is 1. The van der Waals surface area contributed by atoms with Gasteiger partial charge in [-0.15, -0.1) is 0 Å². The predicted molar refractivity (Wildman–Crippen MR) is 138 cm³/mol. The second-order valence-corrected chi connectivity index (χ2v) is 10.9. The largest absolute Gasteiger partial charge is 0.444 e. The molecule has 2 rings (SSSR count). The van der Waals surface area contributed by atoms with Crippen LogP contribution in [0.25, 0.3) is 0 Å². The Hall–Kier alpha value is -2.22. The maximum Gasteiger partial charge on any atom is 0.408 e. The molecule has 34 heavy (non-hydrogen) atoms.